The smallest absolute Gasteiger partial charge is 0.251 e. The number of carbonyl (C=O) groups is 2. The predicted octanol–water partition coefficient (Wildman–Crippen LogP) is 1.13. The van der Waals surface area contributed by atoms with Crippen LogP contribution < -0.4 is 16.0 Å². The van der Waals surface area contributed by atoms with Crippen molar-refractivity contribution < 1.29 is 9.59 Å². The molecule has 5 nitrogen and oxygen atoms in total. The Kier molecular flexibility index (Phi) is 4.39. The summed E-state index contributed by atoms with van der Waals surface area (Å²) in [5.74, 6) is -0.0431. The standard InChI is InChI=1S/C14H19N3O2/c1-2-15-11-5-3-10(4-6-11)14(19)16-9-12-7-8-13(18)17-12/h3-6,12,15H,2,7-9H2,1H3,(H,16,19)(H,17,18). The molecule has 1 unspecified atom stereocenters. The summed E-state index contributed by atoms with van der Waals surface area (Å²) in [6.07, 6.45) is 1.34. The fourth-order valence-electron chi connectivity index (χ4n) is 2.09. The van der Waals surface area contributed by atoms with Gasteiger partial charge in [-0.05, 0) is 37.6 Å². The van der Waals surface area contributed by atoms with Crippen molar-refractivity contribution in [3.8, 4) is 0 Å². The third-order valence-corrected chi connectivity index (χ3v) is 3.12. The number of anilines is 1. The lowest BCUT2D eigenvalue weighted by molar-refractivity contribution is -0.119. The van der Waals surface area contributed by atoms with Crippen LogP contribution in [-0.4, -0.2) is 30.9 Å². The summed E-state index contributed by atoms with van der Waals surface area (Å²) in [5.41, 5.74) is 1.63. The Morgan fingerprint density at radius 2 is 2.11 bits per heavy atom. The van der Waals surface area contributed by atoms with Gasteiger partial charge in [-0.25, -0.2) is 0 Å². The zero-order chi connectivity index (χ0) is 13.7. The fourth-order valence-corrected chi connectivity index (χ4v) is 2.09. The summed E-state index contributed by atoms with van der Waals surface area (Å²) < 4.78 is 0. The normalized spacial score (nSPS) is 17.9. The van der Waals surface area contributed by atoms with Crippen LogP contribution in [0, 0.1) is 0 Å². The molecule has 2 amide bonds. The predicted molar refractivity (Wildman–Crippen MR) is 74.1 cm³/mol. The van der Waals surface area contributed by atoms with Gasteiger partial charge in [0.1, 0.15) is 0 Å². The Labute approximate surface area is 112 Å². The number of rotatable bonds is 5. The Morgan fingerprint density at radius 1 is 1.37 bits per heavy atom. The van der Waals surface area contributed by atoms with Crippen molar-refractivity contribution in [2.45, 2.75) is 25.8 Å². The molecule has 0 spiro atoms. The van der Waals surface area contributed by atoms with E-state index in [-0.39, 0.29) is 17.9 Å². The molecule has 1 aromatic rings. The zero-order valence-corrected chi connectivity index (χ0v) is 11.0. The van der Waals surface area contributed by atoms with Crippen LogP contribution in [0.3, 0.4) is 0 Å². The summed E-state index contributed by atoms with van der Waals surface area (Å²) in [6.45, 7) is 3.36. The fraction of sp³-hybridized carbons (Fsp3) is 0.429. The molecular weight excluding hydrogens is 242 g/mol. The first-order chi connectivity index (χ1) is 9.19. The topological polar surface area (TPSA) is 70.2 Å². The van der Waals surface area contributed by atoms with E-state index < -0.39 is 0 Å². The van der Waals surface area contributed by atoms with Gasteiger partial charge in [-0.15, -0.1) is 0 Å². The molecule has 1 saturated heterocycles. The molecule has 5 heteroatoms. The highest BCUT2D eigenvalue weighted by Gasteiger charge is 2.20. The molecule has 3 N–H and O–H groups in total. The van der Waals surface area contributed by atoms with Gasteiger partial charge in [0.05, 0.1) is 0 Å². The number of nitrogens with one attached hydrogen (secondary N) is 3. The van der Waals surface area contributed by atoms with Crippen LogP contribution in [0.25, 0.3) is 0 Å². The third-order valence-electron chi connectivity index (χ3n) is 3.12. The highest BCUT2D eigenvalue weighted by Crippen LogP contribution is 2.10. The van der Waals surface area contributed by atoms with Crippen LogP contribution in [0.5, 0.6) is 0 Å². The van der Waals surface area contributed by atoms with Crippen molar-refractivity contribution in [2.24, 2.45) is 0 Å². The second-order valence-electron chi connectivity index (χ2n) is 4.62. The molecule has 19 heavy (non-hydrogen) atoms. The van der Waals surface area contributed by atoms with Crippen molar-refractivity contribution in [2.75, 3.05) is 18.4 Å². The second-order valence-corrected chi connectivity index (χ2v) is 4.62. The maximum absolute atomic E-state index is 11.9. The maximum Gasteiger partial charge on any atom is 0.251 e. The van der Waals surface area contributed by atoms with Gasteiger partial charge in [0.25, 0.3) is 5.91 Å². The van der Waals surface area contributed by atoms with Gasteiger partial charge in [-0.3, -0.25) is 9.59 Å². The first-order valence-corrected chi connectivity index (χ1v) is 6.60. The maximum atomic E-state index is 11.9. The van der Waals surface area contributed by atoms with Gasteiger partial charge in [0.15, 0.2) is 0 Å². The molecule has 1 fully saturated rings. The van der Waals surface area contributed by atoms with Gasteiger partial charge in [-0.1, -0.05) is 0 Å². The second kappa shape index (κ2) is 6.22. The van der Waals surface area contributed by atoms with Crippen molar-refractivity contribution in [1.82, 2.24) is 10.6 Å². The van der Waals surface area contributed by atoms with Crippen molar-refractivity contribution in [1.29, 1.82) is 0 Å². The minimum Gasteiger partial charge on any atom is -0.385 e. The highest BCUT2D eigenvalue weighted by atomic mass is 16.2. The number of carbonyl (C=O) groups excluding carboxylic acids is 2. The average Bonchev–Trinajstić information content (AvgIpc) is 2.83. The Hall–Kier alpha value is -2.04. The molecule has 1 aliphatic rings. The van der Waals surface area contributed by atoms with E-state index in [0.717, 1.165) is 18.7 Å². The highest BCUT2D eigenvalue weighted by molar-refractivity contribution is 5.94. The molecule has 1 atom stereocenters. The van der Waals surface area contributed by atoms with E-state index in [0.29, 0.717) is 18.5 Å². The molecular formula is C14H19N3O2. The molecule has 0 bridgehead atoms. The molecule has 2 rings (SSSR count). The van der Waals surface area contributed by atoms with E-state index in [1.165, 1.54) is 0 Å². The summed E-state index contributed by atoms with van der Waals surface area (Å²) in [6, 6.07) is 7.42. The van der Waals surface area contributed by atoms with E-state index in [9.17, 15) is 9.59 Å². The van der Waals surface area contributed by atoms with Crippen LogP contribution in [0.2, 0.25) is 0 Å². The third kappa shape index (κ3) is 3.71. The first kappa shape index (κ1) is 13.4. The first-order valence-electron chi connectivity index (χ1n) is 6.60. The Morgan fingerprint density at radius 3 is 2.68 bits per heavy atom. The molecule has 0 saturated carbocycles. The van der Waals surface area contributed by atoms with Crippen LogP contribution in [-0.2, 0) is 4.79 Å². The van der Waals surface area contributed by atoms with Gasteiger partial charge >= 0.3 is 0 Å². The molecule has 0 aliphatic carbocycles. The largest absolute Gasteiger partial charge is 0.385 e. The van der Waals surface area contributed by atoms with E-state index in [4.69, 9.17) is 0 Å². The van der Waals surface area contributed by atoms with Gasteiger partial charge < -0.3 is 16.0 Å². The van der Waals surface area contributed by atoms with Crippen molar-refractivity contribution >= 4 is 17.5 Å². The van der Waals surface area contributed by atoms with Gasteiger partial charge in [0.2, 0.25) is 5.91 Å². The van der Waals surface area contributed by atoms with Crippen LogP contribution >= 0.6 is 0 Å². The number of hydrogen-bond acceptors (Lipinski definition) is 3. The van der Waals surface area contributed by atoms with Crippen LogP contribution in [0.4, 0.5) is 5.69 Å². The van der Waals surface area contributed by atoms with E-state index >= 15 is 0 Å². The molecule has 1 heterocycles. The molecule has 0 radical (unpaired) electrons. The van der Waals surface area contributed by atoms with E-state index in [1.807, 2.05) is 19.1 Å². The molecule has 1 aromatic carbocycles. The van der Waals surface area contributed by atoms with E-state index in [1.54, 1.807) is 12.1 Å². The number of hydrogen-bond donors (Lipinski definition) is 3. The lowest BCUT2D eigenvalue weighted by Gasteiger charge is -2.11. The van der Waals surface area contributed by atoms with Crippen molar-refractivity contribution in [3.05, 3.63) is 29.8 Å². The van der Waals surface area contributed by atoms with Gasteiger partial charge in [-0.2, -0.15) is 0 Å². The lowest BCUT2D eigenvalue weighted by Crippen LogP contribution is -2.38. The quantitative estimate of drug-likeness (QED) is 0.744. The Balaban J connectivity index is 1.83. The Bertz CT molecular complexity index is 456. The minimum absolute atomic E-state index is 0.0641. The zero-order valence-electron chi connectivity index (χ0n) is 11.0. The number of amides is 2. The monoisotopic (exact) mass is 261 g/mol. The SMILES string of the molecule is CCNc1ccc(C(=O)NCC2CCC(=O)N2)cc1. The van der Waals surface area contributed by atoms with Crippen LogP contribution in [0.1, 0.15) is 30.1 Å². The summed E-state index contributed by atoms with van der Waals surface area (Å²) in [4.78, 5) is 22.9. The number of benzene rings is 1. The molecule has 1 aliphatic heterocycles. The van der Waals surface area contributed by atoms with Crippen LogP contribution in [0.15, 0.2) is 24.3 Å². The minimum atomic E-state index is -0.107. The summed E-state index contributed by atoms with van der Waals surface area (Å²) in [7, 11) is 0. The van der Waals surface area contributed by atoms with E-state index in [2.05, 4.69) is 16.0 Å². The lowest BCUT2D eigenvalue weighted by atomic mass is 10.1. The van der Waals surface area contributed by atoms with Gasteiger partial charge in [0, 0.05) is 36.8 Å². The average molecular weight is 261 g/mol. The summed E-state index contributed by atoms with van der Waals surface area (Å²) >= 11 is 0. The molecule has 102 valence electrons. The molecule has 0 aromatic heterocycles. The van der Waals surface area contributed by atoms with Crippen molar-refractivity contribution in [3.63, 3.8) is 0 Å². The summed E-state index contributed by atoms with van der Waals surface area (Å²) in [5, 5.41) is 8.84.